The van der Waals surface area contributed by atoms with Gasteiger partial charge in [0.2, 0.25) is 0 Å². The Morgan fingerprint density at radius 2 is 2.06 bits per heavy atom. The number of carbonyl (C=O) groups excluding carboxylic acids is 1. The second-order valence-corrected chi connectivity index (χ2v) is 4.22. The lowest BCUT2D eigenvalue weighted by Gasteiger charge is -2.13. The normalized spacial score (nSPS) is 15.3. The van der Waals surface area contributed by atoms with Crippen LogP contribution >= 0.6 is 11.6 Å². The number of para-hydroxylation sites is 1. The van der Waals surface area contributed by atoms with E-state index in [4.69, 9.17) is 17.3 Å². The number of carbonyl (C=O) groups is 1. The van der Waals surface area contributed by atoms with E-state index in [0.29, 0.717) is 16.3 Å². The Balaban J connectivity index is 2.11. The number of nitrogen functional groups attached to an aromatic ring is 1. The van der Waals surface area contributed by atoms with Gasteiger partial charge in [0, 0.05) is 6.04 Å². The Bertz CT molecular complexity index is 435. The standard InChI is InChI=1S/C12H13ClN2O/c13-10-7-3-6-9(11(10)14)12(16)15-8-4-1-2-5-8/h1-3,6-8H,4-5,14H2,(H,15,16). The molecule has 0 heterocycles. The van der Waals surface area contributed by atoms with Gasteiger partial charge in [-0.2, -0.15) is 0 Å². The zero-order valence-electron chi connectivity index (χ0n) is 8.74. The lowest BCUT2D eigenvalue weighted by atomic mass is 10.1. The lowest BCUT2D eigenvalue weighted by molar-refractivity contribution is 0.0940. The van der Waals surface area contributed by atoms with Gasteiger partial charge in [0.1, 0.15) is 0 Å². The molecule has 0 saturated carbocycles. The van der Waals surface area contributed by atoms with E-state index in [1.54, 1.807) is 18.2 Å². The quantitative estimate of drug-likeness (QED) is 0.612. The van der Waals surface area contributed by atoms with Crippen molar-refractivity contribution in [2.45, 2.75) is 18.9 Å². The molecular weight excluding hydrogens is 224 g/mol. The summed E-state index contributed by atoms with van der Waals surface area (Å²) in [6.07, 6.45) is 5.89. The second-order valence-electron chi connectivity index (χ2n) is 3.81. The van der Waals surface area contributed by atoms with Crippen molar-refractivity contribution in [2.75, 3.05) is 5.73 Å². The van der Waals surface area contributed by atoms with Crippen LogP contribution in [0.25, 0.3) is 0 Å². The van der Waals surface area contributed by atoms with Gasteiger partial charge in [-0.05, 0) is 25.0 Å². The molecule has 3 N–H and O–H groups in total. The monoisotopic (exact) mass is 236 g/mol. The van der Waals surface area contributed by atoms with Crippen molar-refractivity contribution in [3.05, 3.63) is 40.9 Å². The molecule has 16 heavy (non-hydrogen) atoms. The molecule has 3 nitrogen and oxygen atoms in total. The van der Waals surface area contributed by atoms with E-state index < -0.39 is 0 Å². The molecule has 0 radical (unpaired) electrons. The van der Waals surface area contributed by atoms with Crippen molar-refractivity contribution in [2.24, 2.45) is 0 Å². The van der Waals surface area contributed by atoms with Crippen LogP contribution in [0.1, 0.15) is 23.2 Å². The Labute approximate surface area is 99.3 Å². The zero-order chi connectivity index (χ0) is 11.5. The summed E-state index contributed by atoms with van der Waals surface area (Å²) in [5, 5.41) is 3.34. The lowest BCUT2D eigenvalue weighted by Crippen LogP contribution is -2.33. The first kappa shape index (κ1) is 11.0. The molecule has 2 rings (SSSR count). The molecule has 0 saturated heterocycles. The van der Waals surface area contributed by atoms with E-state index in [0.717, 1.165) is 12.8 Å². The van der Waals surface area contributed by atoms with Crippen LogP contribution in [0, 0.1) is 0 Å². The molecule has 0 bridgehead atoms. The fourth-order valence-electron chi connectivity index (χ4n) is 1.73. The molecule has 4 heteroatoms. The van der Waals surface area contributed by atoms with Gasteiger partial charge in [0.05, 0.1) is 16.3 Å². The van der Waals surface area contributed by atoms with Crippen LogP contribution in [-0.2, 0) is 0 Å². The molecule has 1 aliphatic carbocycles. The van der Waals surface area contributed by atoms with Crippen molar-refractivity contribution in [1.29, 1.82) is 0 Å². The minimum Gasteiger partial charge on any atom is -0.397 e. The maximum Gasteiger partial charge on any atom is 0.253 e. The third-order valence-corrected chi connectivity index (χ3v) is 2.97. The predicted molar refractivity (Wildman–Crippen MR) is 65.5 cm³/mol. The number of anilines is 1. The molecule has 1 aromatic carbocycles. The van der Waals surface area contributed by atoms with E-state index in [-0.39, 0.29) is 11.9 Å². The average molecular weight is 237 g/mol. The highest BCUT2D eigenvalue weighted by Crippen LogP contribution is 2.22. The van der Waals surface area contributed by atoms with Crippen LogP contribution in [0.4, 0.5) is 5.69 Å². The van der Waals surface area contributed by atoms with Crippen molar-refractivity contribution in [3.8, 4) is 0 Å². The maximum absolute atomic E-state index is 11.9. The van der Waals surface area contributed by atoms with E-state index >= 15 is 0 Å². The summed E-state index contributed by atoms with van der Waals surface area (Å²) in [6.45, 7) is 0. The van der Waals surface area contributed by atoms with Gasteiger partial charge >= 0.3 is 0 Å². The van der Waals surface area contributed by atoms with Crippen molar-refractivity contribution in [3.63, 3.8) is 0 Å². The third kappa shape index (κ3) is 2.19. The topological polar surface area (TPSA) is 55.1 Å². The Morgan fingerprint density at radius 1 is 1.38 bits per heavy atom. The van der Waals surface area contributed by atoms with Crippen molar-refractivity contribution in [1.82, 2.24) is 5.32 Å². The molecule has 0 unspecified atom stereocenters. The van der Waals surface area contributed by atoms with Crippen LogP contribution in [-0.4, -0.2) is 11.9 Å². The molecule has 0 atom stereocenters. The van der Waals surface area contributed by atoms with Gasteiger partial charge in [-0.15, -0.1) is 0 Å². The fraction of sp³-hybridized carbons (Fsp3) is 0.250. The van der Waals surface area contributed by atoms with Gasteiger partial charge in [-0.25, -0.2) is 0 Å². The summed E-state index contributed by atoms with van der Waals surface area (Å²) in [6, 6.07) is 5.26. The van der Waals surface area contributed by atoms with E-state index in [2.05, 4.69) is 17.5 Å². The van der Waals surface area contributed by atoms with Gasteiger partial charge in [-0.3, -0.25) is 4.79 Å². The van der Waals surface area contributed by atoms with Crippen LogP contribution in [0.15, 0.2) is 30.4 Å². The second kappa shape index (κ2) is 4.58. The van der Waals surface area contributed by atoms with Crippen LogP contribution in [0.3, 0.4) is 0 Å². The highest BCUT2D eigenvalue weighted by molar-refractivity contribution is 6.33. The number of rotatable bonds is 2. The van der Waals surface area contributed by atoms with Gasteiger partial charge in [-0.1, -0.05) is 29.8 Å². The summed E-state index contributed by atoms with van der Waals surface area (Å²) in [4.78, 5) is 11.9. The molecule has 1 aromatic rings. The number of hydrogen-bond acceptors (Lipinski definition) is 2. The molecule has 84 valence electrons. The largest absolute Gasteiger partial charge is 0.397 e. The van der Waals surface area contributed by atoms with Crippen LogP contribution < -0.4 is 11.1 Å². The first-order valence-corrected chi connectivity index (χ1v) is 5.56. The summed E-state index contributed by atoms with van der Waals surface area (Å²) in [7, 11) is 0. The molecule has 0 aliphatic heterocycles. The SMILES string of the molecule is Nc1c(Cl)cccc1C(=O)NC1CC=CC1. The molecule has 1 amide bonds. The predicted octanol–water partition coefficient (Wildman–Crippen LogP) is 2.37. The number of hydrogen-bond donors (Lipinski definition) is 2. The van der Waals surface area contributed by atoms with Crippen molar-refractivity contribution < 1.29 is 4.79 Å². The first-order chi connectivity index (χ1) is 7.68. The first-order valence-electron chi connectivity index (χ1n) is 5.18. The Kier molecular flexibility index (Phi) is 3.15. The minimum atomic E-state index is -0.159. The minimum absolute atomic E-state index is 0.159. The van der Waals surface area contributed by atoms with Crippen LogP contribution in [0.5, 0.6) is 0 Å². The summed E-state index contributed by atoms with van der Waals surface area (Å²) in [5.41, 5.74) is 6.53. The maximum atomic E-state index is 11.9. The molecule has 0 fully saturated rings. The third-order valence-electron chi connectivity index (χ3n) is 2.64. The van der Waals surface area contributed by atoms with E-state index in [9.17, 15) is 4.79 Å². The number of amides is 1. The number of benzene rings is 1. The summed E-state index contributed by atoms with van der Waals surface area (Å²) in [5.74, 6) is -0.159. The fourth-order valence-corrected chi connectivity index (χ4v) is 1.91. The van der Waals surface area contributed by atoms with Gasteiger partial charge < -0.3 is 11.1 Å². The van der Waals surface area contributed by atoms with Gasteiger partial charge in [0.15, 0.2) is 0 Å². The number of nitrogens with two attached hydrogens (primary N) is 1. The highest BCUT2D eigenvalue weighted by Gasteiger charge is 2.16. The van der Waals surface area contributed by atoms with Gasteiger partial charge in [0.25, 0.3) is 5.91 Å². The van der Waals surface area contributed by atoms with E-state index in [1.165, 1.54) is 0 Å². The smallest absolute Gasteiger partial charge is 0.253 e. The number of halogens is 1. The molecule has 0 spiro atoms. The van der Waals surface area contributed by atoms with Crippen molar-refractivity contribution >= 4 is 23.2 Å². The zero-order valence-corrected chi connectivity index (χ0v) is 9.50. The Morgan fingerprint density at radius 3 is 2.75 bits per heavy atom. The molecule has 1 aliphatic rings. The highest BCUT2D eigenvalue weighted by atomic mass is 35.5. The summed E-state index contributed by atoms with van der Waals surface area (Å²) >= 11 is 5.86. The summed E-state index contributed by atoms with van der Waals surface area (Å²) < 4.78 is 0. The van der Waals surface area contributed by atoms with E-state index in [1.807, 2.05) is 0 Å². The van der Waals surface area contributed by atoms with Crippen LogP contribution in [0.2, 0.25) is 5.02 Å². The number of nitrogens with one attached hydrogen (secondary N) is 1. The average Bonchev–Trinajstić information content (AvgIpc) is 2.74. The Hall–Kier alpha value is -1.48. The molecule has 0 aromatic heterocycles. The molecular formula is C12H13ClN2O.